The van der Waals surface area contributed by atoms with Crippen LogP contribution in [0.3, 0.4) is 0 Å². The second-order valence-electron chi connectivity index (χ2n) is 5.28. The van der Waals surface area contributed by atoms with Gasteiger partial charge in [-0.05, 0) is 42.8 Å². The van der Waals surface area contributed by atoms with Gasteiger partial charge < -0.3 is 14.8 Å². The number of amides is 1. The molecule has 0 aliphatic rings. The molecule has 0 aliphatic carbocycles. The Bertz CT molecular complexity index is 856. The predicted octanol–water partition coefficient (Wildman–Crippen LogP) is 4.15. The summed E-state index contributed by atoms with van der Waals surface area (Å²) in [4.78, 5) is 12.2. The molecule has 0 bridgehead atoms. The molecule has 0 aromatic heterocycles. The summed E-state index contributed by atoms with van der Waals surface area (Å²) < 4.78 is 34.3. The second kappa shape index (κ2) is 8.62. The average Bonchev–Trinajstić information content (AvgIpc) is 2.61. The summed E-state index contributed by atoms with van der Waals surface area (Å²) in [7, 11) is 1.32. The lowest BCUT2D eigenvalue weighted by Crippen LogP contribution is -2.13. The summed E-state index contributed by atoms with van der Waals surface area (Å²) in [5, 5.41) is 11.8. The van der Waals surface area contributed by atoms with Gasteiger partial charge in [0.15, 0.2) is 11.5 Å². The maximum atomic E-state index is 12.5. The van der Waals surface area contributed by atoms with Gasteiger partial charge in [-0.15, -0.1) is 0 Å². The average molecular weight is 358 g/mol. The molecule has 0 aliphatic heterocycles. The zero-order valence-corrected chi connectivity index (χ0v) is 14.1. The number of methoxy groups -OCH3 is 1. The first-order valence-corrected chi connectivity index (χ1v) is 7.55. The summed E-state index contributed by atoms with van der Waals surface area (Å²) in [5.41, 5.74) is 1.73. The van der Waals surface area contributed by atoms with Crippen LogP contribution in [0.15, 0.2) is 48.0 Å². The summed E-state index contributed by atoms with van der Waals surface area (Å²) in [6.45, 7) is -1.11. The Morgan fingerprint density at radius 3 is 2.46 bits per heavy atom. The number of alkyl halides is 2. The number of aryl methyl sites for hydroxylation is 1. The molecule has 0 spiro atoms. The van der Waals surface area contributed by atoms with Crippen LogP contribution < -0.4 is 14.8 Å². The zero-order valence-electron chi connectivity index (χ0n) is 14.1. The highest BCUT2D eigenvalue weighted by atomic mass is 19.3. The van der Waals surface area contributed by atoms with E-state index in [1.807, 2.05) is 19.1 Å². The molecule has 0 saturated heterocycles. The molecule has 2 aromatic rings. The lowest BCUT2D eigenvalue weighted by atomic mass is 10.1. The number of nitrogens with one attached hydrogen (secondary N) is 1. The van der Waals surface area contributed by atoms with Crippen LogP contribution in [0.1, 0.15) is 11.1 Å². The van der Waals surface area contributed by atoms with Crippen LogP contribution in [0, 0.1) is 18.3 Å². The maximum Gasteiger partial charge on any atom is 0.387 e. The highest BCUT2D eigenvalue weighted by Crippen LogP contribution is 2.30. The Morgan fingerprint density at radius 1 is 1.19 bits per heavy atom. The molecule has 0 atom stereocenters. The van der Waals surface area contributed by atoms with Crippen LogP contribution in [0.4, 0.5) is 14.5 Å². The van der Waals surface area contributed by atoms with Crippen molar-refractivity contribution in [3.05, 3.63) is 59.2 Å². The van der Waals surface area contributed by atoms with E-state index < -0.39 is 12.5 Å². The van der Waals surface area contributed by atoms with Gasteiger partial charge in [-0.2, -0.15) is 14.0 Å². The van der Waals surface area contributed by atoms with Crippen molar-refractivity contribution in [2.24, 2.45) is 0 Å². The fourth-order valence-electron chi connectivity index (χ4n) is 2.12. The topological polar surface area (TPSA) is 71.3 Å². The smallest absolute Gasteiger partial charge is 0.387 e. The third-order valence-corrected chi connectivity index (χ3v) is 3.39. The van der Waals surface area contributed by atoms with Crippen molar-refractivity contribution in [1.82, 2.24) is 0 Å². The molecule has 1 N–H and O–H groups in total. The molecule has 2 rings (SSSR count). The summed E-state index contributed by atoms with van der Waals surface area (Å²) in [6, 6.07) is 13.1. The minimum absolute atomic E-state index is 0.116. The SMILES string of the molecule is COc1ccc(/C=C(\C#N)C(=O)Nc2ccc(C)cc2)cc1OC(F)F. The molecule has 2 aromatic carbocycles. The predicted molar refractivity (Wildman–Crippen MR) is 93.0 cm³/mol. The Morgan fingerprint density at radius 2 is 1.88 bits per heavy atom. The molecular weight excluding hydrogens is 342 g/mol. The van der Waals surface area contributed by atoms with E-state index in [0.717, 1.165) is 5.56 Å². The first-order valence-electron chi connectivity index (χ1n) is 7.55. The fourth-order valence-corrected chi connectivity index (χ4v) is 2.12. The molecule has 134 valence electrons. The molecule has 0 saturated carbocycles. The van der Waals surface area contributed by atoms with Crippen molar-refractivity contribution >= 4 is 17.7 Å². The van der Waals surface area contributed by atoms with Crippen LogP contribution in [-0.2, 0) is 4.79 Å². The fraction of sp³-hybridized carbons (Fsp3) is 0.158. The molecule has 26 heavy (non-hydrogen) atoms. The molecule has 5 nitrogen and oxygen atoms in total. The number of nitriles is 1. The summed E-state index contributed by atoms with van der Waals surface area (Å²) >= 11 is 0. The van der Waals surface area contributed by atoms with Crippen molar-refractivity contribution in [2.45, 2.75) is 13.5 Å². The van der Waals surface area contributed by atoms with Crippen LogP contribution in [-0.4, -0.2) is 19.6 Å². The van der Waals surface area contributed by atoms with Gasteiger partial charge in [0.25, 0.3) is 5.91 Å². The standard InChI is InChI=1S/C19H16F2N2O3/c1-12-3-6-15(7-4-12)23-18(24)14(11-22)9-13-5-8-16(25-2)17(10-13)26-19(20)21/h3-10,19H,1-2H3,(H,23,24)/b14-9+. The monoisotopic (exact) mass is 358 g/mol. The number of nitrogens with zero attached hydrogens (tertiary/aromatic N) is 1. The Labute approximate surface area is 149 Å². The highest BCUT2D eigenvalue weighted by molar-refractivity contribution is 6.09. The minimum atomic E-state index is -3.02. The van der Waals surface area contributed by atoms with Gasteiger partial charge in [-0.3, -0.25) is 4.79 Å². The number of carbonyl (C=O) groups excluding carboxylic acids is 1. The van der Waals surface area contributed by atoms with Crippen molar-refractivity contribution in [2.75, 3.05) is 12.4 Å². The normalized spacial score (nSPS) is 11.0. The van der Waals surface area contributed by atoms with Crippen molar-refractivity contribution < 1.29 is 23.0 Å². The molecule has 0 heterocycles. The van der Waals surface area contributed by atoms with E-state index in [4.69, 9.17) is 4.74 Å². The van der Waals surface area contributed by atoms with E-state index in [2.05, 4.69) is 10.1 Å². The van der Waals surface area contributed by atoms with Gasteiger partial charge in [-0.1, -0.05) is 23.8 Å². The number of ether oxygens (including phenoxy) is 2. The second-order valence-corrected chi connectivity index (χ2v) is 5.28. The number of halogens is 2. The number of rotatable bonds is 6. The van der Waals surface area contributed by atoms with E-state index in [9.17, 15) is 18.8 Å². The third-order valence-electron chi connectivity index (χ3n) is 3.39. The Hall–Kier alpha value is -3.40. The van der Waals surface area contributed by atoms with E-state index in [1.165, 1.54) is 31.4 Å². The van der Waals surface area contributed by atoms with Crippen LogP contribution in [0.2, 0.25) is 0 Å². The van der Waals surface area contributed by atoms with Gasteiger partial charge in [-0.25, -0.2) is 0 Å². The number of carbonyl (C=O) groups is 1. The molecular formula is C19H16F2N2O3. The van der Waals surface area contributed by atoms with Gasteiger partial charge in [0.2, 0.25) is 0 Å². The Kier molecular flexibility index (Phi) is 6.28. The number of anilines is 1. The van der Waals surface area contributed by atoms with Gasteiger partial charge in [0.1, 0.15) is 11.6 Å². The molecule has 0 radical (unpaired) electrons. The van der Waals surface area contributed by atoms with E-state index in [0.29, 0.717) is 11.3 Å². The largest absolute Gasteiger partial charge is 0.493 e. The quantitative estimate of drug-likeness (QED) is 0.622. The summed E-state index contributed by atoms with van der Waals surface area (Å²) in [5.74, 6) is -0.680. The van der Waals surface area contributed by atoms with Gasteiger partial charge >= 0.3 is 6.61 Å². The van der Waals surface area contributed by atoms with E-state index >= 15 is 0 Å². The van der Waals surface area contributed by atoms with E-state index in [1.54, 1.807) is 18.2 Å². The number of hydrogen-bond acceptors (Lipinski definition) is 4. The van der Waals surface area contributed by atoms with Gasteiger partial charge in [0.05, 0.1) is 7.11 Å². The lowest BCUT2D eigenvalue weighted by molar-refractivity contribution is -0.112. The highest BCUT2D eigenvalue weighted by Gasteiger charge is 2.13. The minimum Gasteiger partial charge on any atom is -0.493 e. The van der Waals surface area contributed by atoms with Crippen LogP contribution >= 0.6 is 0 Å². The lowest BCUT2D eigenvalue weighted by Gasteiger charge is -2.10. The number of benzene rings is 2. The molecule has 7 heteroatoms. The van der Waals surface area contributed by atoms with Gasteiger partial charge in [0, 0.05) is 5.69 Å². The van der Waals surface area contributed by atoms with E-state index in [-0.39, 0.29) is 17.1 Å². The van der Waals surface area contributed by atoms with Crippen LogP contribution in [0.5, 0.6) is 11.5 Å². The third kappa shape index (κ3) is 5.05. The summed E-state index contributed by atoms with van der Waals surface area (Å²) in [6.07, 6.45) is 1.28. The molecule has 0 fully saturated rings. The zero-order chi connectivity index (χ0) is 19.1. The van der Waals surface area contributed by atoms with Crippen molar-refractivity contribution in [3.8, 4) is 17.6 Å². The Balaban J connectivity index is 2.25. The van der Waals surface area contributed by atoms with Crippen molar-refractivity contribution in [1.29, 1.82) is 5.26 Å². The maximum absolute atomic E-state index is 12.5. The number of hydrogen-bond donors (Lipinski definition) is 1. The van der Waals surface area contributed by atoms with Crippen LogP contribution in [0.25, 0.3) is 6.08 Å². The first kappa shape index (κ1) is 18.9. The molecule has 0 unspecified atom stereocenters. The van der Waals surface area contributed by atoms with Crippen molar-refractivity contribution in [3.63, 3.8) is 0 Å². The molecule has 1 amide bonds. The first-order chi connectivity index (χ1) is 12.4.